The minimum absolute atomic E-state index is 0.0265. The third-order valence-electron chi connectivity index (χ3n) is 7.37. The largest absolute Gasteiger partial charge is 0.468 e. The number of aldehydes is 1. The van der Waals surface area contributed by atoms with Crippen LogP contribution in [0, 0.1) is 29.4 Å². The van der Waals surface area contributed by atoms with Crippen molar-refractivity contribution in [3.05, 3.63) is 47.7 Å². The molecule has 1 saturated carbocycles. The van der Waals surface area contributed by atoms with Crippen molar-refractivity contribution in [2.24, 2.45) is 5.41 Å². The van der Waals surface area contributed by atoms with Gasteiger partial charge in [-0.3, -0.25) is 4.98 Å². The van der Waals surface area contributed by atoms with Gasteiger partial charge in [-0.2, -0.15) is 9.97 Å². The lowest BCUT2D eigenvalue weighted by Crippen LogP contribution is -2.37. The molecule has 4 aromatic rings. The normalized spacial score (nSPS) is 16.0. The molecule has 9 nitrogen and oxygen atoms in total. The van der Waals surface area contributed by atoms with Crippen LogP contribution >= 0.6 is 0 Å². The maximum atomic E-state index is 16.6. The standard InChI is InChI=1S/C30H26F2N4O5/c1-3-20-23(31)5-4-18-12-19(41-17-38-2)13-21(24(18)20)26-25(32)27-22(14-33-26)28(36-8-10-39-11-9-36)35-29(34-27)40-16-30(15-37)6-7-30/h1,4-5,12-15H,6-11,16-17H2,2H3. The third-order valence-corrected chi connectivity index (χ3v) is 7.37. The molecule has 0 radical (unpaired) electrons. The number of carbonyl (C=O) groups is 1. The number of ether oxygens (including phenoxy) is 4. The highest BCUT2D eigenvalue weighted by molar-refractivity contribution is 6.03. The van der Waals surface area contributed by atoms with Crippen molar-refractivity contribution in [1.82, 2.24) is 15.0 Å². The molecule has 0 bridgehead atoms. The Morgan fingerprint density at radius 2 is 1.98 bits per heavy atom. The second-order valence-corrected chi connectivity index (χ2v) is 10.1. The van der Waals surface area contributed by atoms with Gasteiger partial charge in [-0.1, -0.05) is 12.0 Å². The molecule has 3 heterocycles. The maximum absolute atomic E-state index is 16.6. The molecule has 0 spiro atoms. The van der Waals surface area contributed by atoms with Crippen LogP contribution < -0.4 is 14.4 Å². The minimum Gasteiger partial charge on any atom is -0.468 e. The van der Waals surface area contributed by atoms with Crippen LogP contribution in [0.15, 0.2) is 30.5 Å². The van der Waals surface area contributed by atoms with E-state index in [4.69, 9.17) is 25.4 Å². The molecule has 1 aliphatic carbocycles. The molecule has 11 heteroatoms. The molecular formula is C30H26F2N4O5. The van der Waals surface area contributed by atoms with Crippen molar-refractivity contribution in [1.29, 1.82) is 0 Å². The monoisotopic (exact) mass is 560 g/mol. The maximum Gasteiger partial charge on any atom is 0.319 e. The molecule has 210 valence electrons. The Kier molecular flexibility index (Phi) is 7.11. The van der Waals surface area contributed by atoms with E-state index in [9.17, 15) is 9.18 Å². The van der Waals surface area contributed by atoms with Crippen LogP contribution in [0.2, 0.25) is 0 Å². The van der Waals surface area contributed by atoms with Crippen molar-refractivity contribution >= 4 is 33.8 Å². The van der Waals surface area contributed by atoms with Crippen LogP contribution in [0.1, 0.15) is 18.4 Å². The summed E-state index contributed by atoms with van der Waals surface area (Å²) in [5, 5.41) is 1.22. The molecular weight excluding hydrogens is 534 g/mol. The van der Waals surface area contributed by atoms with Gasteiger partial charge in [-0.05, 0) is 36.4 Å². The Morgan fingerprint density at radius 3 is 2.68 bits per heavy atom. The Labute approximate surface area is 234 Å². The molecule has 2 aromatic heterocycles. The molecule has 1 saturated heterocycles. The Morgan fingerprint density at radius 1 is 1.17 bits per heavy atom. The highest BCUT2D eigenvalue weighted by Crippen LogP contribution is 2.44. The SMILES string of the molecule is C#Cc1c(F)ccc2cc(OCOC)cc(-c3ncc4c(N5CCOCC5)nc(OCC5(C=O)CC5)nc4c3F)c12. The summed E-state index contributed by atoms with van der Waals surface area (Å²) in [6, 6.07) is 5.95. The van der Waals surface area contributed by atoms with Crippen LogP contribution in [0.5, 0.6) is 11.8 Å². The fourth-order valence-corrected chi connectivity index (χ4v) is 4.91. The highest BCUT2D eigenvalue weighted by Gasteiger charge is 2.44. The van der Waals surface area contributed by atoms with Gasteiger partial charge in [-0.15, -0.1) is 6.42 Å². The van der Waals surface area contributed by atoms with Gasteiger partial charge >= 0.3 is 6.01 Å². The smallest absolute Gasteiger partial charge is 0.319 e. The number of hydrogen-bond acceptors (Lipinski definition) is 9. The van der Waals surface area contributed by atoms with Gasteiger partial charge in [0, 0.05) is 37.3 Å². The number of fused-ring (bicyclic) bond motifs is 2. The number of anilines is 1. The highest BCUT2D eigenvalue weighted by atomic mass is 19.1. The molecule has 2 aliphatic rings. The van der Waals surface area contributed by atoms with Crippen LogP contribution in [0.3, 0.4) is 0 Å². The topological polar surface area (TPSA) is 95.9 Å². The van der Waals surface area contributed by atoms with E-state index in [1.807, 2.05) is 4.90 Å². The van der Waals surface area contributed by atoms with Gasteiger partial charge in [0.25, 0.3) is 0 Å². The van der Waals surface area contributed by atoms with Gasteiger partial charge in [0.1, 0.15) is 41.5 Å². The van der Waals surface area contributed by atoms with E-state index in [0.29, 0.717) is 66.9 Å². The fraction of sp³-hybridized carbons (Fsp3) is 0.333. The second-order valence-electron chi connectivity index (χ2n) is 10.1. The zero-order chi connectivity index (χ0) is 28.6. The van der Waals surface area contributed by atoms with Crippen LogP contribution in [0.25, 0.3) is 32.9 Å². The summed E-state index contributed by atoms with van der Waals surface area (Å²) >= 11 is 0. The zero-order valence-corrected chi connectivity index (χ0v) is 22.3. The second kappa shape index (κ2) is 10.9. The Bertz CT molecular complexity index is 1700. The van der Waals surface area contributed by atoms with Crippen molar-refractivity contribution in [3.63, 3.8) is 0 Å². The summed E-state index contributed by atoms with van der Waals surface area (Å²) in [7, 11) is 1.48. The lowest BCUT2D eigenvalue weighted by atomic mass is 9.95. The number of carbonyl (C=O) groups excluding carboxylic acids is 1. The number of benzene rings is 2. The number of rotatable bonds is 9. The lowest BCUT2D eigenvalue weighted by molar-refractivity contribution is -0.113. The Hall–Kier alpha value is -4.40. The van der Waals surface area contributed by atoms with E-state index in [1.165, 1.54) is 19.4 Å². The molecule has 6 rings (SSSR count). The first-order chi connectivity index (χ1) is 20.0. The number of nitrogens with zero attached hydrogens (tertiary/aromatic N) is 4. The zero-order valence-electron chi connectivity index (χ0n) is 22.3. The lowest BCUT2D eigenvalue weighted by Gasteiger charge is -2.29. The van der Waals surface area contributed by atoms with Gasteiger partial charge < -0.3 is 28.6 Å². The summed E-state index contributed by atoms with van der Waals surface area (Å²) in [5.74, 6) is 1.80. The van der Waals surface area contributed by atoms with E-state index in [1.54, 1.807) is 18.2 Å². The third kappa shape index (κ3) is 5.01. The van der Waals surface area contributed by atoms with Gasteiger partial charge in [0.2, 0.25) is 0 Å². The molecule has 0 amide bonds. The van der Waals surface area contributed by atoms with Crippen molar-refractivity contribution in [3.8, 4) is 35.4 Å². The summed E-state index contributed by atoms with van der Waals surface area (Å²) in [6.45, 7) is 2.05. The molecule has 2 aromatic carbocycles. The van der Waals surface area contributed by atoms with Crippen molar-refractivity contribution < 1.29 is 32.5 Å². The number of hydrogen-bond donors (Lipinski definition) is 0. The first kappa shape index (κ1) is 26.8. The van der Waals surface area contributed by atoms with Gasteiger partial charge in [0.05, 0.1) is 29.6 Å². The molecule has 2 fully saturated rings. The first-order valence-corrected chi connectivity index (χ1v) is 13.1. The number of terminal acetylenes is 1. The number of methoxy groups -OCH3 is 1. The molecule has 0 atom stereocenters. The van der Waals surface area contributed by atoms with Crippen LogP contribution in [0.4, 0.5) is 14.6 Å². The van der Waals surface area contributed by atoms with E-state index in [0.717, 1.165) is 6.29 Å². The average Bonchev–Trinajstić information content (AvgIpc) is 3.79. The predicted molar refractivity (Wildman–Crippen MR) is 147 cm³/mol. The van der Waals surface area contributed by atoms with Gasteiger partial charge in [-0.25, -0.2) is 8.78 Å². The summed E-state index contributed by atoms with van der Waals surface area (Å²) in [5.41, 5.74) is -0.491. The van der Waals surface area contributed by atoms with E-state index >= 15 is 4.39 Å². The van der Waals surface area contributed by atoms with Crippen LogP contribution in [-0.2, 0) is 14.3 Å². The molecule has 0 unspecified atom stereocenters. The van der Waals surface area contributed by atoms with Crippen molar-refractivity contribution in [2.75, 3.05) is 51.7 Å². The van der Waals surface area contributed by atoms with Crippen LogP contribution in [-0.4, -0.2) is 68.1 Å². The summed E-state index contributed by atoms with van der Waals surface area (Å²) in [6.07, 6.45) is 9.48. The van der Waals surface area contributed by atoms with E-state index < -0.39 is 17.0 Å². The Balaban J connectivity index is 1.55. The minimum atomic E-state index is -0.766. The molecule has 41 heavy (non-hydrogen) atoms. The van der Waals surface area contributed by atoms with E-state index in [-0.39, 0.29) is 41.7 Å². The van der Waals surface area contributed by atoms with E-state index in [2.05, 4.69) is 20.9 Å². The number of halogens is 2. The first-order valence-electron chi connectivity index (χ1n) is 13.1. The van der Waals surface area contributed by atoms with Crippen molar-refractivity contribution in [2.45, 2.75) is 12.8 Å². The average molecular weight is 561 g/mol. The molecule has 1 aliphatic heterocycles. The number of morpholine rings is 1. The number of pyridine rings is 1. The molecule has 0 N–H and O–H groups in total. The quantitative estimate of drug-likeness (QED) is 0.169. The fourth-order valence-electron chi connectivity index (χ4n) is 4.91. The predicted octanol–water partition coefficient (Wildman–Crippen LogP) is 4.28. The summed E-state index contributed by atoms with van der Waals surface area (Å²) in [4.78, 5) is 26.9. The number of aromatic nitrogens is 3. The summed E-state index contributed by atoms with van der Waals surface area (Å²) < 4.78 is 53.4. The van der Waals surface area contributed by atoms with Gasteiger partial charge in [0.15, 0.2) is 12.6 Å².